The van der Waals surface area contributed by atoms with Gasteiger partial charge >= 0.3 is 5.97 Å². The number of halogens is 1. The van der Waals surface area contributed by atoms with E-state index >= 15 is 0 Å². The highest BCUT2D eigenvalue weighted by Crippen LogP contribution is 2.12. The second kappa shape index (κ2) is 11.3. The molecule has 0 aliphatic carbocycles. The maximum absolute atomic E-state index is 11.4. The minimum atomic E-state index is -0.202. The molecule has 0 aromatic heterocycles. The number of esters is 1. The predicted octanol–water partition coefficient (Wildman–Crippen LogP) is 5.34. The Morgan fingerprint density at radius 3 is 2.21 bits per heavy atom. The number of allylic oxidation sites excluding steroid dienone is 4. The molecule has 0 N–H and O–H groups in total. The minimum Gasteiger partial charge on any atom is -0.463 e. The zero-order valence-corrected chi connectivity index (χ0v) is 14.6. The number of ether oxygens (including phenoxy) is 1. The van der Waals surface area contributed by atoms with Gasteiger partial charge in [0.15, 0.2) is 0 Å². The zero-order valence-electron chi connectivity index (χ0n) is 12.5. The minimum absolute atomic E-state index is 0.202. The Morgan fingerprint density at radius 2 is 1.63 bits per heavy atom. The average Bonchev–Trinajstić information content (AvgIpc) is 2.38. The topological polar surface area (TPSA) is 26.3 Å². The Kier molecular flexibility index (Phi) is 10.9. The van der Waals surface area contributed by atoms with Gasteiger partial charge < -0.3 is 4.74 Å². The van der Waals surface area contributed by atoms with Gasteiger partial charge in [-0.25, -0.2) is 4.79 Å². The largest absolute Gasteiger partial charge is 0.463 e. The SMILES string of the molecule is CCOC(=O)/C(C)=C/CC/C(C)=C/CC/C(C)=C/I. The lowest BCUT2D eigenvalue weighted by Crippen LogP contribution is -2.04. The van der Waals surface area contributed by atoms with Crippen LogP contribution in [0.25, 0.3) is 0 Å². The molecule has 0 atom stereocenters. The molecule has 19 heavy (non-hydrogen) atoms. The predicted molar refractivity (Wildman–Crippen MR) is 90.4 cm³/mol. The first kappa shape index (κ1) is 18.4. The highest BCUT2D eigenvalue weighted by molar-refractivity contribution is 14.1. The molecule has 0 aliphatic rings. The molecule has 3 heteroatoms. The van der Waals surface area contributed by atoms with Gasteiger partial charge in [-0.05, 0) is 57.5 Å². The van der Waals surface area contributed by atoms with E-state index < -0.39 is 0 Å². The fraction of sp³-hybridized carbons (Fsp3) is 0.562. The molecule has 0 spiro atoms. The van der Waals surface area contributed by atoms with Crippen LogP contribution in [0.3, 0.4) is 0 Å². The lowest BCUT2D eigenvalue weighted by atomic mass is 10.1. The lowest BCUT2D eigenvalue weighted by Gasteiger charge is -2.02. The maximum atomic E-state index is 11.4. The number of rotatable bonds is 8. The normalized spacial score (nSPS) is 13.6. The fourth-order valence-electron chi connectivity index (χ4n) is 1.55. The third-order valence-corrected chi connectivity index (χ3v) is 3.87. The smallest absolute Gasteiger partial charge is 0.333 e. The van der Waals surface area contributed by atoms with E-state index in [1.807, 2.05) is 19.9 Å². The summed E-state index contributed by atoms with van der Waals surface area (Å²) in [6, 6.07) is 0. The monoisotopic (exact) mass is 376 g/mol. The van der Waals surface area contributed by atoms with Crippen molar-refractivity contribution < 1.29 is 9.53 Å². The molecule has 0 heterocycles. The van der Waals surface area contributed by atoms with Crippen molar-refractivity contribution in [1.82, 2.24) is 0 Å². The standard InChI is InChI=1S/C16H25IO2/c1-5-19-16(18)15(4)11-7-9-13(2)8-6-10-14(3)12-17/h8,11-12H,5-7,9-10H2,1-4H3/b13-8+,14-12+,15-11+. The third kappa shape index (κ3) is 9.93. The Labute approximate surface area is 131 Å². The second-order valence-electron chi connectivity index (χ2n) is 4.69. The molecule has 0 saturated heterocycles. The number of hydrogen-bond acceptors (Lipinski definition) is 2. The van der Waals surface area contributed by atoms with Crippen molar-refractivity contribution in [3.63, 3.8) is 0 Å². The van der Waals surface area contributed by atoms with E-state index in [1.165, 1.54) is 11.1 Å². The van der Waals surface area contributed by atoms with Gasteiger partial charge in [-0.2, -0.15) is 0 Å². The van der Waals surface area contributed by atoms with E-state index in [0.29, 0.717) is 12.2 Å². The van der Waals surface area contributed by atoms with Gasteiger partial charge in [0, 0.05) is 5.57 Å². The van der Waals surface area contributed by atoms with E-state index in [9.17, 15) is 4.79 Å². The molecule has 0 saturated carbocycles. The molecule has 0 bridgehead atoms. The van der Waals surface area contributed by atoms with E-state index in [0.717, 1.165) is 25.7 Å². The van der Waals surface area contributed by atoms with Crippen LogP contribution in [-0.2, 0) is 9.53 Å². The van der Waals surface area contributed by atoms with Crippen LogP contribution in [0.4, 0.5) is 0 Å². The first-order chi connectivity index (χ1) is 9.01. The Hall–Kier alpha value is -0.580. The molecule has 0 aromatic carbocycles. The van der Waals surface area contributed by atoms with E-state index in [1.54, 1.807) is 0 Å². The van der Waals surface area contributed by atoms with Crippen molar-refractivity contribution in [2.24, 2.45) is 0 Å². The highest BCUT2D eigenvalue weighted by Gasteiger charge is 2.02. The molecular formula is C16H25IO2. The summed E-state index contributed by atoms with van der Waals surface area (Å²) in [6.07, 6.45) is 8.37. The van der Waals surface area contributed by atoms with Gasteiger partial charge in [-0.15, -0.1) is 0 Å². The Balaban J connectivity index is 4.02. The zero-order chi connectivity index (χ0) is 14.7. The summed E-state index contributed by atoms with van der Waals surface area (Å²) in [4.78, 5) is 11.4. The first-order valence-corrected chi connectivity index (χ1v) is 8.01. The summed E-state index contributed by atoms with van der Waals surface area (Å²) in [6.45, 7) is 8.38. The van der Waals surface area contributed by atoms with Gasteiger partial charge in [0.25, 0.3) is 0 Å². The van der Waals surface area contributed by atoms with E-state index in [-0.39, 0.29) is 5.97 Å². The van der Waals surface area contributed by atoms with Gasteiger partial charge in [-0.1, -0.05) is 45.9 Å². The van der Waals surface area contributed by atoms with Crippen LogP contribution in [-0.4, -0.2) is 12.6 Å². The number of carbonyl (C=O) groups is 1. The number of hydrogen-bond donors (Lipinski definition) is 0. The Morgan fingerprint density at radius 1 is 1.05 bits per heavy atom. The molecule has 0 aromatic rings. The van der Waals surface area contributed by atoms with Gasteiger partial charge in [0.1, 0.15) is 0 Å². The molecule has 0 aliphatic heterocycles. The van der Waals surface area contributed by atoms with Crippen LogP contribution in [0.2, 0.25) is 0 Å². The van der Waals surface area contributed by atoms with Crippen LogP contribution in [0.15, 0.2) is 33.0 Å². The van der Waals surface area contributed by atoms with Crippen LogP contribution < -0.4 is 0 Å². The number of carbonyl (C=O) groups excluding carboxylic acids is 1. The highest BCUT2D eigenvalue weighted by atomic mass is 127. The summed E-state index contributed by atoms with van der Waals surface area (Å²) >= 11 is 2.28. The lowest BCUT2D eigenvalue weighted by molar-refractivity contribution is -0.138. The van der Waals surface area contributed by atoms with Crippen LogP contribution in [0.5, 0.6) is 0 Å². The van der Waals surface area contributed by atoms with Crippen LogP contribution in [0, 0.1) is 0 Å². The summed E-state index contributed by atoms with van der Waals surface area (Å²) in [7, 11) is 0. The Bertz CT molecular complexity index is 365. The molecule has 0 radical (unpaired) electrons. The second-order valence-corrected chi connectivity index (χ2v) is 5.31. The summed E-state index contributed by atoms with van der Waals surface area (Å²) in [5.41, 5.74) is 3.51. The first-order valence-electron chi connectivity index (χ1n) is 6.76. The molecule has 0 fully saturated rings. The molecule has 2 nitrogen and oxygen atoms in total. The fourth-order valence-corrected chi connectivity index (χ4v) is 1.86. The quantitative estimate of drug-likeness (QED) is 0.247. The third-order valence-electron chi connectivity index (χ3n) is 2.80. The van der Waals surface area contributed by atoms with Crippen molar-refractivity contribution in [3.8, 4) is 0 Å². The van der Waals surface area contributed by atoms with E-state index in [2.05, 4.69) is 46.6 Å². The van der Waals surface area contributed by atoms with Gasteiger partial charge in [-0.3, -0.25) is 0 Å². The molecule has 0 amide bonds. The van der Waals surface area contributed by atoms with Crippen LogP contribution >= 0.6 is 22.6 Å². The molecular weight excluding hydrogens is 351 g/mol. The summed E-state index contributed by atoms with van der Waals surface area (Å²) < 4.78 is 7.07. The van der Waals surface area contributed by atoms with Gasteiger partial charge in [0.05, 0.1) is 6.61 Å². The van der Waals surface area contributed by atoms with E-state index in [4.69, 9.17) is 4.74 Å². The molecule has 108 valence electrons. The van der Waals surface area contributed by atoms with Crippen LogP contribution in [0.1, 0.15) is 53.4 Å². The van der Waals surface area contributed by atoms with Crippen molar-refractivity contribution in [3.05, 3.63) is 33.0 Å². The van der Waals surface area contributed by atoms with Crippen molar-refractivity contribution in [2.45, 2.75) is 53.4 Å². The summed E-state index contributed by atoms with van der Waals surface area (Å²) in [5.74, 6) is -0.202. The maximum Gasteiger partial charge on any atom is 0.333 e. The van der Waals surface area contributed by atoms with Crippen molar-refractivity contribution in [2.75, 3.05) is 6.61 Å². The molecule has 0 rings (SSSR count). The average molecular weight is 376 g/mol. The summed E-state index contributed by atoms with van der Waals surface area (Å²) in [5, 5.41) is 0. The van der Waals surface area contributed by atoms with Gasteiger partial charge in [0.2, 0.25) is 0 Å². The van der Waals surface area contributed by atoms with Crippen molar-refractivity contribution in [1.29, 1.82) is 0 Å². The van der Waals surface area contributed by atoms with Crippen molar-refractivity contribution >= 4 is 28.6 Å². The molecule has 0 unspecified atom stereocenters.